The predicted molar refractivity (Wildman–Crippen MR) is 93.5 cm³/mol. The van der Waals surface area contributed by atoms with Gasteiger partial charge in [-0.25, -0.2) is 4.98 Å². The van der Waals surface area contributed by atoms with E-state index in [9.17, 15) is 0 Å². The summed E-state index contributed by atoms with van der Waals surface area (Å²) in [5, 5.41) is 11.7. The number of pyridine rings is 1. The van der Waals surface area contributed by atoms with Crippen LogP contribution in [0.5, 0.6) is 11.5 Å². The summed E-state index contributed by atoms with van der Waals surface area (Å²) in [4.78, 5) is 4.39. The van der Waals surface area contributed by atoms with Crippen molar-refractivity contribution in [2.24, 2.45) is 0 Å². The highest BCUT2D eigenvalue weighted by Gasteiger charge is 2.20. The van der Waals surface area contributed by atoms with E-state index < -0.39 is 0 Å². The van der Waals surface area contributed by atoms with Crippen molar-refractivity contribution in [3.63, 3.8) is 0 Å². The van der Waals surface area contributed by atoms with Crippen LogP contribution in [0.3, 0.4) is 0 Å². The average Bonchev–Trinajstić information content (AvgIpc) is 2.91. The molecule has 1 aliphatic rings. The molecule has 6 heteroatoms. The molecule has 0 aliphatic carbocycles. The number of H-pyrrole nitrogens is 1. The smallest absolute Gasteiger partial charge is 0.164 e. The second kappa shape index (κ2) is 4.73. The van der Waals surface area contributed by atoms with Gasteiger partial charge in [-0.2, -0.15) is 5.10 Å². The lowest BCUT2D eigenvalue weighted by atomic mass is 10.1. The normalized spacial score (nSPS) is 12.2. The van der Waals surface area contributed by atoms with Crippen LogP contribution in [-0.2, 0) is 0 Å². The Kier molecular flexibility index (Phi) is 2.55. The molecule has 0 amide bonds. The second-order valence-corrected chi connectivity index (χ2v) is 5.64. The third-order valence-corrected chi connectivity index (χ3v) is 4.05. The van der Waals surface area contributed by atoms with Gasteiger partial charge in [-0.15, -0.1) is 0 Å². The quantitative estimate of drug-likeness (QED) is 0.434. The molecule has 0 saturated carbocycles. The van der Waals surface area contributed by atoms with E-state index in [1.165, 1.54) is 0 Å². The fourth-order valence-electron chi connectivity index (χ4n) is 2.96. The largest absolute Gasteiger partial charge is 0.454 e. The number of aromatic nitrogens is 3. The molecule has 1 aliphatic heterocycles. The van der Waals surface area contributed by atoms with Crippen LogP contribution in [0.4, 0.5) is 17.3 Å². The van der Waals surface area contributed by atoms with Crippen LogP contribution in [0, 0.1) is 0 Å². The zero-order valence-electron chi connectivity index (χ0n) is 12.6. The van der Waals surface area contributed by atoms with Crippen LogP contribution in [-0.4, -0.2) is 15.2 Å². The summed E-state index contributed by atoms with van der Waals surface area (Å²) in [7, 11) is 0. The molecule has 0 bridgehead atoms. The minimum atomic E-state index is 0.483. The van der Waals surface area contributed by atoms with Crippen molar-refractivity contribution in [3.8, 4) is 22.8 Å². The molecule has 0 saturated heterocycles. The van der Waals surface area contributed by atoms with E-state index in [0.717, 1.165) is 45.2 Å². The lowest BCUT2D eigenvalue weighted by molar-refractivity contribution is 0.492. The third kappa shape index (κ3) is 1.90. The lowest BCUT2D eigenvalue weighted by Gasteiger charge is -2.09. The highest BCUT2D eigenvalue weighted by molar-refractivity contribution is 6.00. The van der Waals surface area contributed by atoms with Crippen LogP contribution < -0.4 is 15.8 Å². The van der Waals surface area contributed by atoms with Crippen molar-refractivity contribution in [2.45, 2.75) is 0 Å². The van der Waals surface area contributed by atoms with E-state index in [-0.39, 0.29) is 0 Å². The maximum Gasteiger partial charge on any atom is 0.164 e. The Labute approximate surface area is 137 Å². The van der Waals surface area contributed by atoms with Gasteiger partial charge in [0.2, 0.25) is 0 Å². The van der Waals surface area contributed by atoms with E-state index in [1.807, 2.05) is 48.5 Å². The van der Waals surface area contributed by atoms with Crippen LogP contribution in [0.15, 0.2) is 54.6 Å². The molecule has 0 fully saturated rings. The molecule has 116 valence electrons. The molecule has 4 aromatic rings. The van der Waals surface area contributed by atoms with Crippen molar-refractivity contribution in [2.75, 3.05) is 11.1 Å². The van der Waals surface area contributed by atoms with Crippen molar-refractivity contribution in [3.05, 3.63) is 54.6 Å². The van der Waals surface area contributed by atoms with Gasteiger partial charge in [0.15, 0.2) is 11.6 Å². The number of nitrogens with two attached hydrogens (primary N) is 1. The lowest BCUT2D eigenvalue weighted by Crippen LogP contribution is -1.92. The summed E-state index contributed by atoms with van der Waals surface area (Å²) in [5.74, 6) is 2.72. The predicted octanol–water partition coefficient (Wildman–Crippen LogP) is 4.06. The number of nitrogens with one attached hydrogen (secondary N) is 2. The Morgan fingerprint density at radius 3 is 2.79 bits per heavy atom. The van der Waals surface area contributed by atoms with Crippen molar-refractivity contribution < 1.29 is 4.74 Å². The first kappa shape index (κ1) is 13.0. The van der Waals surface area contributed by atoms with Crippen molar-refractivity contribution in [1.29, 1.82) is 0 Å². The molecule has 3 heterocycles. The van der Waals surface area contributed by atoms with E-state index >= 15 is 0 Å². The van der Waals surface area contributed by atoms with Gasteiger partial charge < -0.3 is 15.8 Å². The number of rotatable bonds is 1. The summed E-state index contributed by atoms with van der Waals surface area (Å²) < 4.78 is 6.14. The van der Waals surface area contributed by atoms with Gasteiger partial charge in [0.25, 0.3) is 0 Å². The fraction of sp³-hybridized carbons (Fsp3) is 0. The van der Waals surface area contributed by atoms with Crippen molar-refractivity contribution >= 4 is 28.2 Å². The van der Waals surface area contributed by atoms with Gasteiger partial charge in [-0.1, -0.05) is 18.2 Å². The van der Waals surface area contributed by atoms with Crippen LogP contribution >= 0.6 is 0 Å². The number of hydrogen-bond acceptors (Lipinski definition) is 5. The first-order chi connectivity index (χ1) is 11.8. The molecule has 0 unspecified atom stereocenters. The number of benzene rings is 2. The second-order valence-electron chi connectivity index (χ2n) is 5.64. The minimum Gasteiger partial charge on any atom is -0.454 e. The summed E-state index contributed by atoms with van der Waals surface area (Å²) in [5.41, 5.74) is 9.27. The van der Waals surface area contributed by atoms with E-state index in [4.69, 9.17) is 10.5 Å². The SMILES string of the molecule is Nc1cccc(-c2cc3c4c(n[nH]c4c2)Nc2ccccc2O3)n1. The number of hydrogen-bond donors (Lipinski definition) is 3. The number of para-hydroxylation sites is 2. The monoisotopic (exact) mass is 315 g/mol. The molecular formula is C18H13N5O. The third-order valence-electron chi connectivity index (χ3n) is 4.05. The maximum absolute atomic E-state index is 6.14. The van der Waals surface area contributed by atoms with Crippen molar-refractivity contribution in [1.82, 2.24) is 15.2 Å². The number of ether oxygens (including phenoxy) is 1. The first-order valence-corrected chi connectivity index (χ1v) is 7.57. The van der Waals surface area contributed by atoms with E-state index in [2.05, 4.69) is 20.5 Å². The molecule has 2 aromatic carbocycles. The fourth-order valence-corrected chi connectivity index (χ4v) is 2.96. The Bertz CT molecular complexity index is 1090. The summed E-state index contributed by atoms with van der Waals surface area (Å²) in [6.07, 6.45) is 0. The Balaban J connectivity index is 1.75. The van der Waals surface area contributed by atoms with Crippen LogP contribution in [0.25, 0.3) is 22.2 Å². The molecule has 2 aromatic heterocycles. The molecule has 6 nitrogen and oxygen atoms in total. The van der Waals surface area contributed by atoms with E-state index in [0.29, 0.717) is 5.82 Å². The molecular weight excluding hydrogens is 302 g/mol. The van der Waals surface area contributed by atoms with Gasteiger partial charge >= 0.3 is 0 Å². The Hall–Kier alpha value is -3.54. The molecule has 0 atom stereocenters. The average molecular weight is 315 g/mol. The minimum absolute atomic E-state index is 0.483. The van der Waals surface area contributed by atoms with Gasteiger partial charge in [0.05, 0.1) is 22.3 Å². The van der Waals surface area contributed by atoms with Crippen LogP contribution in [0.1, 0.15) is 0 Å². The first-order valence-electron chi connectivity index (χ1n) is 7.57. The summed E-state index contributed by atoms with van der Waals surface area (Å²) >= 11 is 0. The topological polar surface area (TPSA) is 88.8 Å². The zero-order chi connectivity index (χ0) is 16.1. The van der Waals surface area contributed by atoms with E-state index in [1.54, 1.807) is 6.07 Å². The Morgan fingerprint density at radius 1 is 0.958 bits per heavy atom. The molecule has 0 radical (unpaired) electrons. The van der Waals surface area contributed by atoms with Gasteiger partial charge in [-0.05, 0) is 36.4 Å². The standard InChI is InChI=1S/C18H13N5O/c19-16-7-3-5-11(20-16)10-8-13-17-15(9-10)24-14-6-2-1-4-12(14)21-18(17)23-22-13/h1-9H,(H2,19,20)(H2,21,22,23). The number of nitrogen functional groups attached to an aromatic ring is 1. The van der Waals surface area contributed by atoms with Gasteiger partial charge in [0, 0.05) is 5.56 Å². The van der Waals surface area contributed by atoms with Gasteiger partial charge in [-0.3, -0.25) is 5.10 Å². The molecule has 4 N–H and O–H groups in total. The number of nitrogens with zero attached hydrogens (tertiary/aromatic N) is 2. The Morgan fingerprint density at radius 2 is 1.88 bits per heavy atom. The van der Waals surface area contributed by atoms with Crippen LogP contribution in [0.2, 0.25) is 0 Å². The molecule has 24 heavy (non-hydrogen) atoms. The highest BCUT2D eigenvalue weighted by Crippen LogP contribution is 2.43. The highest BCUT2D eigenvalue weighted by atomic mass is 16.5. The number of aromatic amines is 1. The maximum atomic E-state index is 6.14. The van der Waals surface area contributed by atoms with Gasteiger partial charge in [0.1, 0.15) is 11.6 Å². The molecule has 5 rings (SSSR count). The summed E-state index contributed by atoms with van der Waals surface area (Å²) in [6, 6.07) is 17.3. The molecule has 0 spiro atoms. The number of fused-ring (bicyclic) bond motifs is 1. The zero-order valence-corrected chi connectivity index (χ0v) is 12.6. The summed E-state index contributed by atoms with van der Waals surface area (Å²) in [6.45, 7) is 0. The number of anilines is 3.